The summed E-state index contributed by atoms with van der Waals surface area (Å²) < 4.78 is 26.0. The molecule has 0 heterocycles. The normalized spacial score (nSPS) is 18.7. The van der Waals surface area contributed by atoms with Crippen LogP contribution in [0, 0.1) is 0 Å². The first-order valence-corrected chi connectivity index (χ1v) is 6.87. The van der Waals surface area contributed by atoms with Gasteiger partial charge in [0.1, 0.15) is 0 Å². The van der Waals surface area contributed by atoms with Crippen molar-refractivity contribution in [1.82, 2.24) is 10.0 Å². The van der Waals surface area contributed by atoms with Crippen molar-refractivity contribution in [2.75, 3.05) is 13.1 Å². The minimum absolute atomic E-state index is 0.234. The molecule has 0 bridgehead atoms. The van der Waals surface area contributed by atoms with Gasteiger partial charge in [-0.3, -0.25) is 4.79 Å². The van der Waals surface area contributed by atoms with E-state index in [4.69, 9.17) is 0 Å². The lowest BCUT2D eigenvalue weighted by atomic mass is 10.0. The summed E-state index contributed by atoms with van der Waals surface area (Å²) in [7, 11) is -3.17. The average molecular weight is 234 g/mol. The molecule has 0 radical (unpaired) electrons. The molecule has 1 rings (SSSR count). The Morgan fingerprint density at radius 3 is 2.40 bits per heavy atom. The molecule has 1 aliphatic rings. The lowest BCUT2D eigenvalue weighted by Crippen LogP contribution is -2.38. The fourth-order valence-corrected chi connectivity index (χ4v) is 3.39. The van der Waals surface area contributed by atoms with Gasteiger partial charge in [0.05, 0.1) is 5.25 Å². The molecule has 88 valence electrons. The van der Waals surface area contributed by atoms with Crippen molar-refractivity contribution >= 4 is 16.4 Å². The number of sulfonamides is 1. The van der Waals surface area contributed by atoms with Crippen LogP contribution in [0.4, 0.5) is 0 Å². The van der Waals surface area contributed by atoms with Crippen LogP contribution in [0.3, 0.4) is 0 Å². The molecule has 0 aromatic rings. The maximum Gasteiger partial charge on any atom is 0.214 e. The van der Waals surface area contributed by atoms with Crippen LogP contribution in [0.5, 0.6) is 0 Å². The van der Waals surface area contributed by atoms with Gasteiger partial charge >= 0.3 is 0 Å². The minimum Gasteiger partial charge on any atom is -0.357 e. The van der Waals surface area contributed by atoms with Gasteiger partial charge in [-0.05, 0) is 12.8 Å². The van der Waals surface area contributed by atoms with Gasteiger partial charge in [0.25, 0.3) is 0 Å². The Morgan fingerprint density at radius 1 is 1.13 bits per heavy atom. The highest BCUT2D eigenvalue weighted by atomic mass is 32.2. The summed E-state index contributed by atoms with van der Waals surface area (Å²) in [6.45, 7) is 0.618. The molecule has 0 unspecified atom stereocenters. The average Bonchev–Trinajstić information content (AvgIpc) is 2.26. The van der Waals surface area contributed by atoms with Crippen LogP contribution in [0.15, 0.2) is 0 Å². The minimum atomic E-state index is -3.17. The molecule has 5 nitrogen and oxygen atoms in total. The van der Waals surface area contributed by atoms with Crippen LogP contribution in [0.25, 0.3) is 0 Å². The number of rotatable bonds is 6. The molecule has 2 N–H and O–H groups in total. The molecule has 1 amide bonds. The molecule has 0 aromatic carbocycles. The first kappa shape index (κ1) is 12.4. The Hall–Kier alpha value is -0.620. The summed E-state index contributed by atoms with van der Waals surface area (Å²) in [6.07, 6.45) is 5.22. The van der Waals surface area contributed by atoms with Gasteiger partial charge in [-0.1, -0.05) is 19.3 Å². The standard InChI is InChI=1S/C9H18N2O3S/c12-8-10-6-7-11-15(13,14)9-4-2-1-3-5-9/h8-9,11H,1-7H2,(H,10,12). The summed E-state index contributed by atoms with van der Waals surface area (Å²) in [6, 6.07) is 0. The van der Waals surface area contributed by atoms with Gasteiger partial charge < -0.3 is 5.32 Å². The fraction of sp³-hybridized carbons (Fsp3) is 0.889. The van der Waals surface area contributed by atoms with Crippen LogP contribution < -0.4 is 10.0 Å². The van der Waals surface area contributed by atoms with Crippen LogP contribution in [-0.4, -0.2) is 33.2 Å². The Balaban J connectivity index is 2.33. The summed E-state index contributed by atoms with van der Waals surface area (Å²) in [4.78, 5) is 9.94. The molecule has 0 aromatic heterocycles. The Morgan fingerprint density at radius 2 is 1.80 bits per heavy atom. The second-order valence-electron chi connectivity index (χ2n) is 3.77. The van der Waals surface area contributed by atoms with E-state index in [9.17, 15) is 13.2 Å². The Kier molecular flexibility index (Phi) is 5.04. The van der Waals surface area contributed by atoms with E-state index < -0.39 is 10.0 Å². The van der Waals surface area contributed by atoms with Crippen LogP contribution in [0.1, 0.15) is 32.1 Å². The number of amides is 1. The zero-order valence-electron chi connectivity index (χ0n) is 8.74. The van der Waals surface area contributed by atoms with E-state index in [2.05, 4.69) is 10.0 Å². The lowest BCUT2D eigenvalue weighted by molar-refractivity contribution is -0.109. The van der Waals surface area contributed by atoms with E-state index in [1.54, 1.807) is 0 Å². The molecule has 0 spiro atoms. The number of nitrogens with one attached hydrogen (secondary N) is 2. The molecule has 0 atom stereocenters. The SMILES string of the molecule is O=CNCCNS(=O)(=O)C1CCCCC1. The summed E-state index contributed by atoms with van der Waals surface area (Å²) in [5, 5.41) is 2.18. The molecule has 0 saturated heterocycles. The monoisotopic (exact) mass is 234 g/mol. The number of carbonyl (C=O) groups is 1. The van der Waals surface area contributed by atoms with Gasteiger partial charge in [-0.25, -0.2) is 13.1 Å². The largest absolute Gasteiger partial charge is 0.357 e. The fourth-order valence-electron chi connectivity index (χ4n) is 1.82. The van der Waals surface area contributed by atoms with Crippen LogP contribution >= 0.6 is 0 Å². The molecule has 6 heteroatoms. The third kappa shape index (κ3) is 4.17. The van der Waals surface area contributed by atoms with Crippen molar-refractivity contribution in [3.63, 3.8) is 0 Å². The van der Waals surface area contributed by atoms with Crippen molar-refractivity contribution in [1.29, 1.82) is 0 Å². The first-order chi connectivity index (χ1) is 7.17. The summed E-state index contributed by atoms with van der Waals surface area (Å²) in [5.74, 6) is 0. The molecule has 1 saturated carbocycles. The quantitative estimate of drug-likeness (QED) is 0.501. The molecular weight excluding hydrogens is 216 g/mol. The molecule has 1 fully saturated rings. The van der Waals surface area contributed by atoms with Crippen molar-refractivity contribution in [2.24, 2.45) is 0 Å². The third-order valence-corrected chi connectivity index (χ3v) is 4.60. The molecule has 15 heavy (non-hydrogen) atoms. The molecule has 0 aliphatic heterocycles. The zero-order chi connectivity index (χ0) is 11.1. The predicted octanol–water partition coefficient (Wildman–Crippen LogP) is -0.0155. The first-order valence-electron chi connectivity index (χ1n) is 5.32. The van der Waals surface area contributed by atoms with Gasteiger partial charge in [0.15, 0.2) is 0 Å². The molecular formula is C9H18N2O3S. The molecule has 1 aliphatic carbocycles. The predicted molar refractivity (Wildman–Crippen MR) is 57.9 cm³/mol. The van der Waals surface area contributed by atoms with E-state index >= 15 is 0 Å². The van der Waals surface area contributed by atoms with E-state index in [-0.39, 0.29) is 11.8 Å². The van der Waals surface area contributed by atoms with Crippen LogP contribution in [0.2, 0.25) is 0 Å². The Bertz CT molecular complexity index is 284. The van der Waals surface area contributed by atoms with Crippen molar-refractivity contribution < 1.29 is 13.2 Å². The highest BCUT2D eigenvalue weighted by Gasteiger charge is 2.26. The number of carbonyl (C=O) groups excluding carboxylic acids is 1. The smallest absolute Gasteiger partial charge is 0.214 e. The maximum absolute atomic E-state index is 11.7. The van der Waals surface area contributed by atoms with Crippen LogP contribution in [-0.2, 0) is 14.8 Å². The number of hydrogen-bond donors (Lipinski definition) is 2. The van der Waals surface area contributed by atoms with Gasteiger partial charge in [-0.2, -0.15) is 0 Å². The second kappa shape index (κ2) is 6.07. The highest BCUT2D eigenvalue weighted by molar-refractivity contribution is 7.90. The van der Waals surface area contributed by atoms with Crippen molar-refractivity contribution in [3.8, 4) is 0 Å². The summed E-state index contributed by atoms with van der Waals surface area (Å²) >= 11 is 0. The topological polar surface area (TPSA) is 75.3 Å². The van der Waals surface area contributed by atoms with Gasteiger partial charge in [-0.15, -0.1) is 0 Å². The third-order valence-electron chi connectivity index (χ3n) is 2.65. The van der Waals surface area contributed by atoms with Gasteiger partial charge in [0, 0.05) is 13.1 Å². The highest BCUT2D eigenvalue weighted by Crippen LogP contribution is 2.22. The van der Waals surface area contributed by atoms with E-state index in [0.717, 1.165) is 32.1 Å². The summed E-state index contributed by atoms with van der Waals surface area (Å²) in [5.41, 5.74) is 0. The van der Waals surface area contributed by atoms with Gasteiger partial charge in [0.2, 0.25) is 16.4 Å². The number of hydrogen-bond acceptors (Lipinski definition) is 3. The van der Waals surface area contributed by atoms with E-state index in [0.29, 0.717) is 13.0 Å². The van der Waals surface area contributed by atoms with Crippen molar-refractivity contribution in [3.05, 3.63) is 0 Å². The second-order valence-corrected chi connectivity index (χ2v) is 5.82. The van der Waals surface area contributed by atoms with Crippen molar-refractivity contribution in [2.45, 2.75) is 37.4 Å². The maximum atomic E-state index is 11.7. The van der Waals surface area contributed by atoms with E-state index in [1.807, 2.05) is 0 Å². The van der Waals surface area contributed by atoms with E-state index in [1.165, 1.54) is 0 Å². The zero-order valence-corrected chi connectivity index (χ0v) is 9.55. The Labute approximate surface area is 90.7 Å². The lowest BCUT2D eigenvalue weighted by Gasteiger charge is -2.21.